The molecule has 132 valence electrons. The van der Waals surface area contributed by atoms with Crippen LogP contribution in [0.5, 0.6) is 0 Å². The fourth-order valence-corrected chi connectivity index (χ4v) is 2.44. The quantitative estimate of drug-likeness (QED) is 0.733. The summed E-state index contributed by atoms with van der Waals surface area (Å²) >= 11 is 5.84. The number of carbonyl (C=O) groups excluding carboxylic acids is 2. The lowest BCUT2D eigenvalue weighted by molar-refractivity contribution is -0.135. The Bertz CT molecular complexity index is 768. The second kappa shape index (κ2) is 7.70. The van der Waals surface area contributed by atoms with Crippen molar-refractivity contribution in [3.8, 4) is 0 Å². The predicted molar refractivity (Wildman–Crippen MR) is 103 cm³/mol. The van der Waals surface area contributed by atoms with Crippen molar-refractivity contribution in [1.29, 1.82) is 0 Å². The van der Waals surface area contributed by atoms with Crippen molar-refractivity contribution in [1.82, 2.24) is 0 Å². The van der Waals surface area contributed by atoms with Gasteiger partial charge in [0.15, 0.2) is 0 Å². The van der Waals surface area contributed by atoms with Gasteiger partial charge in [0.1, 0.15) is 5.41 Å². The Labute approximate surface area is 153 Å². The monoisotopic (exact) mass is 358 g/mol. The van der Waals surface area contributed by atoms with E-state index < -0.39 is 5.41 Å². The average Bonchev–Trinajstić information content (AvgIpc) is 2.57. The van der Waals surface area contributed by atoms with Crippen LogP contribution in [0, 0.1) is 5.41 Å². The topological polar surface area (TPSA) is 58.2 Å². The van der Waals surface area contributed by atoms with Gasteiger partial charge in [0.25, 0.3) is 0 Å². The molecule has 0 radical (unpaired) electrons. The zero-order valence-electron chi connectivity index (χ0n) is 14.9. The van der Waals surface area contributed by atoms with E-state index in [1.807, 2.05) is 24.3 Å². The Morgan fingerprint density at radius 3 is 2.08 bits per heavy atom. The van der Waals surface area contributed by atoms with E-state index in [0.29, 0.717) is 10.7 Å². The van der Waals surface area contributed by atoms with Gasteiger partial charge in [-0.05, 0) is 55.7 Å². The number of halogens is 1. The summed E-state index contributed by atoms with van der Waals surface area (Å²) in [5.74, 6) is -0.469. The summed E-state index contributed by atoms with van der Waals surface area (Å²) in [6, 6.07) is 14.4. The zero-order chi connectivity index (χ0) is 18.6. The van der Waals surface area contributed by atoms with Crippen molar-refractivity contribution in [2.45, 2.75) is 33.6 Å². The van der Waals surface area contributed by atoms with Crippen LogP contribution in [0.25, 0.3) is 0 Å². The van der Waals surface area contributed by atoms with Gasteiger partial charge < -0.3 is 10.6 Å². The van der Waals surface area contributed by atoms with Gasteiger partial charge in [0.05, 0.1) is 0 Å². The lowest BCUT2D eigenvalue weighted by Gasteiger charge is -2.24. The van der Waals surface area contributed by atoms with E-state index >= 15 is 0 Å². The van der Waals surface area contributed by atoms with Crippen molar-refractivity contribution in [2.24, 2.45) is 5.41 Å². The van der Waals surface area contributed by atoms with E-state index in [0.717, 1.165) is 11.3 Å². The second-order valence-electron chi connectivity index (χ2n) is 6.78. The molecule has 2 rings (SSSR count). The van der Waals surface area contributed by atoms with Crippen LogP contribution in [0.4, 0.5) is 11.4 Å². The molecule has 0 aliphatic carbocycles. The molecular formula is C20H23ClN2O2. The minimum Gasteiger partial charge on any atom is -0.325 e. The predicted octanol–water partition coefficient (Wildman–Crippen LogP) is 5.07. The first kappa shape index (κ1) is 19.0. The molecule has 4 nitrogen and oxygen atoms in total. The molecule has 25 heavy (non-hydrogen) atoms. The Balaban J connectivity index is 2.14. The molecule has 0 aliphatic heterocycles. The second-order valence-corrected chi connectivity index (χ2v) is 7.22. The van der Waals surface area contributed by atoms with Gasteiger partial charge in [-0.1, -0.05) is 43.6 Å². The highest BCUT2D eigenvalue weighted by molar-refractivity contribution is 6.30. The molecule has 5 heteroatoms. The van der Waals surface area contributed by atoms with Gasteiger partial charge in [-0.15, -0.1) is 0 Å². The number of hydrogen-bond acceptors (Lipinski definition) is 2. The molecule has 0 atom stereocenters. The van der Waals surface area contributed by atoms with Crippen LogP contribution in [-0.4, -0.2) is 11.8 Å². The van der Waals surface area contributed by atoms with Gasteiger partial charge in [0, 0.05) is 16.4 Å². The van der Waals surface area contributed by atoms with E-state index in [1.54, 1.807) is 38.1 Å². The Kier molecular flexibility index (Phi) is 5.85. The number of amides is 2. The largest absolute Gasteiger partial charge is 0.325 e. The van der Waals surface area contributed by atoms with Crippen LogP contribution < -0.4 is 10.6 Å². The molecule has 2 N–H and O–H groups in total. The fourth-order valence-electron chi connectivity index (χ4n) is 2.32. The summed E-state index contributed by atoms with van der Waals surface area (Å²) in [6.07, 6.45) is 0. The minimum atomic E-state index is -1.23. The van der Waals surface area contributed by atoms with Gasteiger partial charge in [-0.3, -0.25) is 9.59 Å². The fraction of sp³-hybridized carbons (Fsp3) is 0.300. The highest BCUT2D eigenvalue weighted by Gasteiger charge is 2.36. The third-order valence-electron chi connectivity index (χ3n) is 4.07. The first-order chi connectivity index (χ1) is 11.7. The molecule has 0 aromatic heterocycles. The Morgan fingerprint density at radius 2 is 1.48 bits per heavy atom. The van der Waals surface area contributed by atoms with Crippen LogP contribution in [0.1, 0.15) is 39.2 Å². The molecule has 2 aromatic rings. The zero-order valence-corrected chi connectivity index (χ0v) is 15.6. The lowest BCUT2D eigenvalue weighted by Crippen LogP contribution is -2.41. The molecule has 0 aliphatic rings. The van der Waals surface area contributed by atoms with E-state index in [4.69, 9.17) is 11.6 Å². The molecule has 0 bridgehead atoms. The number of hydrogen-bond donors (Lipinski definition) is 2. The maximum absolute atomic E-state index is 12.7. The van der Waals surface area contributed by atoms with Gasteiger partial charge in [-0.25, -0.2) is 0 Å². The van der Waals surface area contributed by atoms with Crippen molar-refractivity contribution >= 4 is 34.8 Å². The summed E-state index contributed by atoms with van der Waals surface area (Å²) in [6.45, 7) is 7.32. The van der Waals surface area contributed by atoms with E-state index in [-0.39, 0.29) is 17.7 Å². The number of anilines is 2. The molecule has 0 saturated carbocycles. The number of nitrogens with one attached hydrogen (secondary N) is 2. The molecule has 0 saturated heterocycles. The summed E-state index contributed by atoms with van der Waals surface area (Å²) in [7, 11) is 0. The van der Waals surface area contributed by atoms with Crippen LogP contribution >= 0.6 is 11.6 Å². The highest BCUT2D eigenvalue weighted by atomic mass is 35.5. The van der Waals surface area contributed by atoms with Crippen LogP contribution in [0.2, 0.25) is 5.02 Å². The molecule has 0 spiro atoms. The normalized spacial score (nSPS) is 11.3. The van der Waals surface area contributed by atoms with Crippen LogP contribution in [-0.2, 0) is 9.59 Å². The summed E-state index contributed by atoms with van der Waals surface area (Å²) in [5.41, 5.74) is 1.13. The standard InChI is InChI=1S/C20H23ClN2O2/c1-13(2)16-7-5-6-8-17(16)23-19(25)20(3,4)18(24)22-15-11-9-14(21)10-12-15/h5-13H,1-4H3,(H,22,24)(H,23,25). The van der Waals surface area contributed by atoms with Gasteiger partial charge in [-0.2, -0.15) is 0 Å². The number of benzene rings is 2. The molecule has 0 heterocycles. The third-order valence-corrected chi connectivity index (χ3v) is 4.32. The first-order valence-electron chi connectivity index (χ1n) is 8.19. The first-order valence-corrected chi connectivity index (χ1v) is 8.57. The van der Waals surface area contributed by atoms with Crippen molar-refractivity contribution < 1.29 is 9.59 Å². The molecule has 0 fully saturated rings. The molecule has 0 unspecified atom stereocenters. The Morgan fingerprint density at radius 1 is 0.920 bits per heavy atom. The van der Waals surface area contributed by atoms with Crippen molar-refractivity contribution in [2.75, 3.05) is 10.6 Å². The number of carbonyl (C=O) groups is 2. The Hall–Kier alpha value is -2.33. The highest BCUT2D eigenvalue weighted by Crippen LogP contribution is 2.27. The lowest BCUT2D eigenvalue weighted by atomic mass is 9.90. The van der Waals surface area contributed by atoms with Gasteiger partial charge in [0.2, 0.25) is 11.8 Å². The van der Waals surface area contributed by atoms with Crippen LogP contribution in [0.3, 0.4) is 0 Å². The maximum atomic E-state index is 12.7. The minimum absolute atomic E-state index is 0.266. The summed E-state index contributed by atoms with van der Waals surface area (Å²) in [4.78, 5) is 25.3. The van der Waals surface area contributed by atoms with E-state index in [9.17, 15) is 9.59 Å². The number of rotatable bonds is 5. The number of para-hydroxylation sites is 1. The third kappa shape index (κ3) is 4.60. The average molecular weight is 359 g/mol. The van der Waals surface area contributed by atoms with Crippen molar-refractivity contribution in [3.63, 3.8) is 0 Å². The van der Waals surface area contributed by atoms with Crippen molar-refractivity contribution in [3.05, 3.63) is 59.1 Å². The maximum Gasteiger partial charge on any atom is 0.239 e. The van der Waals surface area contributed by atoms with E-state index in [2.05, 4.69) is 24.5 Å². The van der Waals surface area contributed by atoms with Gasteiger partial charge >= 0.3 is 0 Å². The summed E-state index contributed by atoms with van der Waals surface area (Å²) < 4.78 is 0. The SMILES string of the molecule is CC(C)c1ccccc1NC(=O)C(C)(C)C(=O)Nc1ccc(Cl)cc1. The summed E-state index contributed by atoms with van der Waals surface area (Å²) in [5, 5.41) is 6.23. The van der Waals surface area contributed by atoms with E-state index in [1.165, 1.54) is 0 Å². The van der Waals surface area contributed by atoms with Crippen LogP contribution in [0.15, 0.2) is 48.5 Å². The molecular weight excluding hydrogens is 336 g/mol. The molecule has 2 amide bonds. The molecule has 2 aromatic carbocycles. The smallest absolute Gasteiger partial charge is 0.239 e.